The van der Waals surface area contributed by atoms with Gasteiger partial charge in [-0.3, -0.25) is 0 Å². The van der Waals surface area contributed by atoms with Crippen molar-refractivity contribution in [3.05, 3.63) is 0 Å². The fourth-order valence-electron chi connectivity index (χ4n) is 3.78. The number of halogens is 1. The molecular weight excluding hydrogens is 294 g/mol. The molecule has 2 rings (SSSR count). The van der Waals surface area contributed by atoms with Gasteiger partial charge in [-0.15, -0.1) is 0 Å². The number of hydrogen-bond donors (Lipinski definition) is 3. The van der Waals surface area contributed by atoms with E-state index in [2.05, 4.69) is 0 Å². The van der Waals surface area contributed by atoms with Crippen LogP contribution in [0.1, 0.15) is 40.0 Å². The number of hydrogen-bond acceptors (Lipinski definition) is 4. The van der Waals surface area contributed by atoms with Gasteiger partial charge in [-0.05, 0) is 12.8 Å². The first-order valence-electron chi connectivity index (χ1n) is 7.79. The maximum atomic E-state index is 12.2. The zero-order valence-corrected chi connectivity index (χ0v) is 13.9. The number of carbonyl (C=O) groups excluding carboxylic acids is 1. The van der Waals surface area contributed by atoms with Crippen LogP contribution in [0.5, 0.6) is 0 Å². The van der Waals surface area contributed by atoms with Crippen molar-refractivity contribution >= 4 is 5.97 Å². The highest BCUT2D eigenvalue weighted by molar-refractivity contribution is 5.80. The van der Waals surface area contributed by atoms with Crippen LogP contribution in [-0.4, -0.2) is 53.6 Å². The van der Waals surface area contributed by atoms with Gasteiger partial charge in [-0.25, -0.2) is 4.79 Å². The van der Waals surface area contributed by atoms with Crippen LogP contribution < -0.4 is 17.3 Å². The Balaban J connectivity index is 0.00000220. The third kappa shape index (κ3) is 3.52. The fraction of sp³-hybridized carbons (Fsp3) is 0.933. The molecule has 0 aromatic rings. The van der Waals surface area contributed by atoms with Gasteiger partial charge < -0.3 is 32.3 Å². The van der Waals surface area contributed by atoms with E-state index < -0.39 is 17.7 Å². The molecule has 2 heterocycles. The second-order valence-corrected chi connectivity index (χ2v) is 6.71. The zero-order chi connectivity index (χ0) is 14.9. The lowest BCUT2D eigenvalue weighted by atomic mass is 9.85. The molecule has 124 valence electrons. The Morgan fingerprint density at radius 3 is 2.57 bits per heavy atom. The summed E-state index contributed by atoms with van der Waals surface area (Å²) in [5.41, 5.74) is -1.80. The summed E-state index contributed by atoms with van der Waals surface area (Å²) in [6.07, 6.45) is 2.42. The number of nitrogens with one attached hydrogen (secondary N) is 1. The molecule has 0 amide bonds. The Kier molecular flexibility index (Phi) is 6.47. The first-order valence-corrected chi connectivity index (χ1v) is 7.79. The minimum absolute atomic E-state index is 0. The summed E-state index contributed by atoms with van der Waals surface area (Å²) in [4.78, 5) is 13.8. The van der Waals surface area contributed by atoms with Crippen molar-refractivity contribution in [2.24, 2.45) is 11.8 Å². The Labute approximate surface area is 133 Å². The summed E-state index contributed by atoms with van der Waals surface area (Å²) in [5, 5.41) is 20.1. The van der Waals surface area contributed by atoms with Gasteiger partial charge in [0, 0.05) is 19.3 Å². The number of aliphatic hydroxyl groups excluding tert-OH is 1. The topological polar surface area (TPSA) is 71.2 Å². The first kappa shape index (κ1) is 18.7. The lowest BCUT2D eigenvalue weighted by molar-refractivity contribution is -0.900. The van der Waals surface area contributed by atoms with Crippen LogP contribution in [0.25, 0.3) is 0 Å². The van der Waals surface area contributed by atoms with Crippen LogP contribution in [0.3, 0.4) is 0 Å². The molecular formula is C15H28ClNO4. The highest BCUT2D eigenvalue weighted by Gasteiger charge is 2.47. The molecule has 5 nitrogen and oxygen atoms in total. The third-order valence-electron chi connectivity index (χ3n) is 5.22. The molecule has 6 heteroatoms. The van der Waals surface area contributed by atoms with E-state index >= 15 is 0 Å². The number of fused-ring (bicyclic) bond motifs is 1. The predicted octanol–water partition coefficient (Wildman–Crippen LogP) is -3.63. The van der Waals surface area contributed by atoms with Gasteiger partial charge in [0.2, 0.25) is 0 Å². The van der Waals surface area contributed by atoms with E-state index in [1.807, 2.05) is 0 Å². The molecule has 5 unspecified atom stereocenters. The molecule has 0 saturated carbocycles. The standard InChI is InChI=1S/C15H27NO4.ClH/c1-10(2)15(19,11(3)17)14(18)20-9-12-6-8-16-7-4-5-13(12)16;/h10-13,17,19H,4-9H2,1-3H3;1H. The number of carbonyl (C=O) groups is 1. The Bertz CT molecular complexity index is 354. The molecule has 0 aromatic heterocycles. The normalized spacial score (nSPS) is 32.2. The smallest absolute Gasteiger partial charge is 0.341 e. The number of ether oxygens (including phenoxy) is 1. The van der Waals surface area contributed by atoms with Crippen molar-refractivity contribution in [3.8, 4) is 0 Å². The number of rotatable bonds is 5. The highest BCUT2D eigenvalue weighted by atomic mass is 35.5. The highest BCUT2D eigenvalue weighted by Crippen LogP contribution is 2.25. The lowest BCUT2D eigenvalue weighted by Crippen LogP contribution is -3.11. The Morgan fingerprint density at radius 2 is 2.00 bits per heavy atom. The summed E-state index contributed by atoms with van der Waals surface area (Å²) >= 11 is 0. The molecule has 3 N–H and O–H groups in total. The van der Waals surface area contributed by atoms with Gasteiger partial charge in [0.1, 0.15) is 6.61 Å². The van der Waals surface area contributed by atoms with Crippen LogP contribution in [0.4, 0.5) is 0 Å². The molecule has 2 aliphatic rings. The van der Waals surface area contributed by atoms with Crippen molar-refractivity contribution in [1.29, 1.82) is 0 Å². The summed E-state index contributed by atoms with van der Waals surface area (Å²) in [6.45, 7) is 7.63. The van der Waals surface area contributed by atoms with E-state index in [1.54, 1.807) is 18.7 Å². The van der Waals surface area contributed by atoms with Gasteiger partial charge in [-0.1, -0.05) is 13.8 Å². The third-order valence-corrected chi connectivity index (χ3v) is 5.22. The van der Waals surface area contributed by atoms with Crippen molar-refractivity contribution in [2.45, 2.75) is 57.8 Å². The molecule has 5 atom stereocenters. The second-order valence-electron chi connectivity index (χ2n) is 6.71. The number of esters is 1. The van der Waals surface area contributed by atoms with E-state index in [4.69, 9.17) is 4.74 Å². The molecule has 0 aliphatic carbocycles. The van der Waals surface area contributed by atoms with Crippen LogP contribution in [0.15, 0.2) is 0 Å². The van der Waals surface area contributed by atoms with Gasteiger partial charge in [0.25, 0.3) is 0 Å². The molecule has 0 bridgehead atoms. The van der Waals surface area contributed by atoms with E-state index in [9.17, 15) is 15.0 Å². The van der Waals surface area contributed by atoms with Crippen molar-refractivity contribution in [2.75, 3.05) is 19.7 Å². The maximum Gasteiger partial charge on any atom is 0.341 e. The number of quaternary nitrogens is 1. The van der Waals surface area contributed by atoms with Gasteiger partial charge in [0.15, 0.2) is 5.60 Å². The van der Waals surface area contributed by atoms with Crippen LogP contribution in [0, 0.1) is 11.8 Å². The lowest BCUT2D eigenvalue weighted by Gasteiger charge is -2.32. The van der Waals surface area contributed by atoms with E-state index in [1.165, 1.54) is 26.3 Å². The molecule has 2 aliphatic heterocycles. The quantitative estimate of drug-likeness (QED) is 0.457. The predicted molar refractivity (Wildman–Crippen MR) is 74.3 cm³/mol. The second kappa shape index (κ2) is 7.27. The van der Waals surface area contributed by atoms with Crippen molar-refractivity contribution < 1.29 is 37.1 Å². The summed E-state index contributed by atoms with van der Waals surface area (Å²) in [5.74, 6) is -0.664. The first-order chi connectivity index (χ1) is 9.37. The monoisotopic (exact) mass is 321 g/mol. The zero-order valence-electron chi connectivity index (χ0n) is 13.1. The SMILES string of the molecule is CC(C)C(O)(C(=O)OCC1CC[NH+]2CCCC12)C(C)O.[Cl-]. The fourth-order valence-corrected chi connectivity index (χ4v) is 3.78. The van der Waals surface area contributed by atoms with Gasteiger partial charge in [0.05, 0.1) is 31.2 Å². The average molecular weight is 322 g/mol. The average Bonchev–Trinajstić information content (AvgIpc) is 2.97. The Hall–Kier alpha value is -0.360. The maximum absolute atomic E-state index is 12.2. The van der Waals surface area contributed by atoms with E-state index in [0.717, 1.165) is 13.0 Å². The molecule has 0 spiro atoms. The van der Waals surface area contributed by atoms with Gasteiger partial charge >= 0.3 is 5.97 Å². The summed E-state index contributed by atoms with van der Waals surface area (Å²) in [7, 11) is 0. The molecule has 21 heavy (non-hydrogen) atoms. The molecule has 2 fully saturated rings. The van der Waals surface area contributed by atoms with Crippen LogP contribution in [-0.2, 0) is 9.53 Å². The largest absolute Gasteiger partial charge is 1.00 e. The molecule has 2 saturated heterocycles. The minimum Gasteiger partial charge on any atom is -1.00 e. The van der Waals surface area contributed by atoms with E-state index in [-0.39, 0.29) is 18.3 Å². The summed E-state index contributed by atoms with van der Waals surface area (Å²) in [6, 6.07) is 0.612. The van der Waals surface area contributed by atoms with Gasteiger partial charge in [-0.2, -0.15) is 0 Å². The molecule has 0 radical (unpaired) electrons. The number of aliphatic hydroxyl groups is 2. The Morgan fingerprint density at radius 1 is 1.33 bits per heavy atom. The van der Waals surface area contributed by atoms with Crippen molar-refractivity contribution in [1.82, 2.24) is 0 Å². The van der Waals surface area contributed by atoms with Crippen molar-refractivity contribution in [3.63, 3.8) is 0 Å². The molecule has 0 aromatic carbocycles. The van der Waals surface area contributed by atoms with Crippen LogP contribution in [0.2, 0.25) is 0 Å². The van der Waals surface area contributed by atoms with E-state index in [0.29, 0.717) is 18.6 Å². The summed E-state index contributed by atoms with van der Waals surface area (Å²) < 4.78 is 5.36. The van der Waals surface area contributed by atoms with Crippen LogP contribution >= 0.6 is 0 Å². The minimum atomic E-state index is -1.80.